The Morgan fingerprint density at radius 1 is 1.08 bits per heavy atom. The van der Waals surface area contributed by atoms with Crippen LogP contribution in [0.25, 0.3) is 0 Å². The van der Waals surface area contributed by atoms with E-state index in [9.17, 15) is 9.59 Å². The van der Waals surface area contributed by atoms with Gasteiger partial charge in [0.05, 0.1) is 12.4 Å². The van der Waals surface area contributed by atoms with Crippen molar-refractivity contribution in [1.29, 1.82) is 0 Å². The molecule has 0 saturated heterocycles. The van der Waals surface area contributed by atoms with Crippen molar-refractivity contribution in [3.8, 4) is 11.5 Å². The number of para-hydroxylation sites is 1. The van der Waals surface area contributed by atoms with Crippen molar-refractivity contribution in [3.63, 3.8) is 0 Å². The molecule has 3 rings (SSSR count). The number of primary amides is 1. The lowest BCUT2D eigenvalue weighted by atomic mass is 10.2. The minimum Gasteiger partial charge on any atom is -0.454 e. The third-order valence-electron chi connectivity index (χ3n) is 3.32. The zero-order valence-electron chi connectivity index (χ0n) is 13.3. The van der Waals surface area contributed by atoms with Gasteiger partial charge in [-0.3, -0.25) is 14.3 Å². The van der Waals surface area contributed by atoms with Gasteiger partial charge in [0.1, 0.15) is 12.3 Å². The molecule has 1 aromatic heterocycles. The highest BCUT2D eigenvalue weighted by Gasteiger charge is 2.08. The lowest BCUT2D eigenvalue weighted by molar-refractivity contribution is -0.116. The number of anilines is 1. The maximum Gasteiger partial charge on any atom is 0.248 e. The van der Waals surface area contributed by atoms with E-state index in [1.165, 1.54) is 16.9 Å². The number of carbonyl (C=O) groups is 2. The van der Waals surface area contributed by atoms with Crippen LogP contribution in [0.1, 0.15) is 10.4 Å². The quantitative estimate of drug-likeness (QED) is 0.722. The summed E-state index contributed by atoms with van der Waals surface area (Å²) in [6, 6.07) is 15.7. The first-order chi connectivity index (χ1) is 12.1. The minimum atomic E-state index is -0.550. The molecule has 0 bridgehead atoms. The van der Waals surface area contributed by atoms with Gasteiger partial charge in [-0.15, -0.1) is 0 Å². The molecule has 0 aliphatic rings. The minimum absolute atomic E-state index is 0.0128. The number of nitrogens with zero attached hydrogens (tertiary/aromatic N) is 2. The highest BCUT2D eigenvalue weighted by Crippen LogP contribution is 2.19. The van der Waals surface area contributed by atoms with E-state index in [0.29, 0.717) is 22.7 Å². The Labute approximate surface area is 144 Å². The standard InChI is InChI=1S/C18H16N4O3/c19-18(24)13-5-4-6-14(9-13)21-17(23)12-22-11-16(10-20-22)25-15-7-2-1-3-8-15/h1-11H,12H2,(H2,19,24)(H,21,23). The Bertz CT molecular complexity index is 890. The lowest BCUT2D eigenvalue weighted by Gasteiger charge is -2.06. The third kappa shape index (κ3) is 4.44. The smallest absolute Gasteiger partial charge is 0.248 e. The number of aromatic nitrogens is 2. The zero-order valence-corrected chi connectivity index (χ0v) is 13.3. The van der Waals surface area contributed by atoms with Crippen molar-refractivity contribution in [3.05, 3.63) is 72.6 Å². The fourth-order valence-electron chi connectivity index (χ4n) is 2.21. The van der Waals surface area contributed by atoms with Gasteiger partial charge in [0, 0.05) is 11.3 Å². The second-order valence-corrected chi connectivity index (χ2v) is 5.28. The molecule has 0 radical (unpaired) electrons. The molecule has 0 fully saturated rings. The van der Waals surface area contributed by atoms with E-state index < -0.39 is 5.91 Å². The highest BCUT2D eigenvalue weighted by atomic mass is 16.5. The van der Waals surface area contributed by atoms with Crippen molar-refractivity contribution >= 4 is 17.5 Å². The van der Waals surface area contributed by atoms with Crippen molar-refractivity contribution in [2.45, 2.75) is 6.54 Å². The molecule has 7 heteroatoms. The number of amides is 2. The molecule has 0 spiro atoms. The van der Waals surface area contributed by atoms with Crippen LogP contribution >= 0.6 is 0 Å². The Morgan fingerprint density at radius 2 is 1.88 bits per heavy atom. The lowest BCUT2D eigenvalue weighted by Crippen LogP contribution is -2.19. The molecule has 126 valence electrons. The van der Waals surface area contributed by atoms with Crippen molar-refractivity contribution in [2.75, 3.05) is 5.32 Å². The Morgan fingerprint density at radius 3 is 2.64 bits per heavy atom. The number of carbonyl (C=O) groups excluding carboxylic acids is 2. The van der Waals surface area contributed by atoms with Gasteiger partial charge < -0.3 is 15.8 Å². The maximum atomic E-state index is 12.1. The first kappa shape index (κ1) is 16.3. The van der Waals surface area contributed by atoms with E-state index in [1.54, 1.807) is 24.4 Å². The average Bonchev–Trinajstić information content (AvgIpc) is 3.02. The number of benzene rings is 2. The summed E-state index contributed by atoms with van der Waals surface area (Å²) in [7, 11) is 0. The topological polar surface area (TPSA) is 99.2 Å². The molecule has 2 aromatic carbocycles. The number of hydrogen-bond donors (Lipinski definition) is 2. The first-order valence-corrected chi connectivity index (χ1v) is 7.55. The normalized spacial score (nSPS) is 10.2. The molecule has 0 aliphatic carbocycles. The van der Waals surface area contributed by atoms with E-state index in [-0.39, 0.29) is 12.5 Å². The Hall–Kier alpha value is -3.61. The summed E-state index contributed by atoms with van der Waals surface area (Å²) in [5, 5.41) is 6.79. The summed E-state index contributed by atoms with van der Waals surface area (Å²) in [5.41, 5.74) is 6.05. The molecule has 3 aromatic rings. The van der Waals surface area contributed by atoms with Crippen LogP contribution in [0.5, 0.6) is 11.5 Å². The fourth-order valence-corrected chi connectivity index (χ4v) is 2.21. The van der Waals surface area contributed by atoms with E-state index in [1.807, 2.05) is 30.3 Å². The van der Waals surface area contributed by atoms with Gasteiger partial charge in [-0.2, -0.15) is 5.10 Å². The van der Waals surface area contributed by atoms with Crippen molar-refractivity contribution < 1.29 is 14.3 Å². The number of nitrogens with two attached hydrogens (primary N) is 1. The summed E-state index contributed by atoms with van der Waals surface area (Å²) in [4.78, 5) is 23.3. The summed E-state index contributed by atoms with van der Waals surface area (Å²) >= 11 is 0. The number of hydrogen-bond acceptors (Lipinski definition) is 4. The number of nitrogens with one attached hydrogen (secondary N) is 1. The largest absolute Gasteiger partial charge is 0.454 e. The maximum absolute atomic E-state index is 12.1. The monoisotopic (exact) mass is 336 g/mol. The van der Waals surface area contributed by atoms with E-state index in [0.717, 1.165) is 0 Å². The van der Waals surface area contributed by atoms with Crippen molar-refractivity contribution in [2.24, 2.45) is 5.73 Å². The van der Waals surface area contributed by atoms with Crippen LogP contribution in [0.15, 0.2) is 67.0 Å². The van der Waals surface area contributed by atoms with Gasteiger partial charge in [-0.25, -0.2) is 0 Å². The summed E-state index contributed by atoms with van der Waals surface area (Å²) < 4.78 is 7.10. The van der Waals surface area contributed by atoms with Crippen LogP contribution in [0.4, 0.5) is 5.69 Å². The van der Waals surface area contributed by atoms with Gasteiger partial charge in [-0.1, -0.05) is 24.3 Å². The Kier molecular flexibility index (Phi) is 4.75. The fraction of sp³-hybridized carbons (Fsp3) is 0.0556. The molecule has 0 saturated carbocycles. The summed E-state index contributed by atoms with van der Waals surface area (Å²) in [6.07, 6.45) is 3.17. The molecule has 25 heavy (non-hydrogen) atoms. The molecule has 0 unspecified atom stereocenters. The van der Waals surface area contributed by atoms with Crippen molar-refractivity contribution in [1.82, 2.24) is 9.78 Å². The second-order valence-electron chi connectivity index (χ2n) is 5.28. The molecule has 7 nitrogen and oxygen atoms in total. The molecule has 0 aliphatic heterocycles. The first-order valence-electron chi connectivity index (χ1n) is 7.55. The molecule has 2 amide bonds. The van der Waals surface area contributed by atoms with E-state index >= 15 is 0 Å². The van der Waals surface area contributed by atoms with E-state index in [2.05, 4.69) is 10.4 Å². The Balaban J connectivity index is 1.60. The van der Waals surface area contributed by atoms with Gasteiger partial charge >= 0.3 is 0 Å². The predicted molar refractivity (Wildman–Crippen MR) is 92.3 cm³/mol. The summed E-state index contributed by atoms with van der Waals surface area (Å²) in [6.45, 7) is 0.0128. The van der Waals surface area contributed by atoms with Crippen LogP contribution in [0.3, 0.4) is 0 Å². The predicted octanol–water partition coefficient (Wildman–Crippen LogP) is 2.41. The van der Waals surface area contributed by atoms with Crippen LogP contribution in [-0.4, -0.2) is 21.6 Å². The van der Waals surface area contributed by atoms with Crippen LogP contribution in [0.2, 0.25) is 0 Å². The zero-order chi connectivity index (χ0) is 17.6. The van der Waals surface area contributed by atoms with Crippen LogP contribution in [0, 0.1) is 0 Å². The van der Waals surface area contributed by atoms with Crippen LogP contribution < -0.4 is 15.8 Å². The molecule has 1 heterocycles. The van der Waals surface area contributed by atoms with Gasteiger partial charge in [0.15, 0.2) is 5.75 Å². The van der Waals surface area contributed by atoms with Gasteiger partial charge in [-0.05, 0) is 30.3 Å². The number of ether oxygens (including phenoxy) is 1. The van der Waals surface area contributed by atoms with Gasteiger partial charge in [0.25, 0.3) is 0 Å². The molecule has 3 N–H and O–H groups in total. The average molecular weight is 336 g/mol. The second kappa shape index (κ2) is 7.31. The van der Waals surface area contributed by atoms with Gasteiger partial charge in [0.2, 0.25) is 11.8 Å². The van der Waals surface area contributed by atoms with Crippen LogP contribution in [-0.2, 0) is 11.3 Å². The number of rotatable bonds is 6. The summed E-state index contributed by atoms with van der Waals surface area (Å²) in [5.74, 6) is 0.395. The molecule has 0 atom stereocenters. The van der Waals surface area contributed by atoms with E-state index in [4.69, 9.17) is 10.5 Å². The third-order valence-corrected chi connectivity index (χ3v) is 3.32. The highest BCUT2D eigenvalue weighted by molar-refractivity contribution is 5.96. The molecular weight excluding hydrogens is 320 g/mol. The SMILES string of the molecule is NC(=O)c1cccc(NC(=O)Cn2cc(Oc3ccccc3)cn2)c1. The molecular formula is C18H16N4O3.